The summed E-state index contributed by atoms with van der Waals surface area (Å²) < 4.78 is 7.42. The molecule has 0 saturated carbocycles. The number of aromatic carboxylic acids is 1. The normalized spacial score (nSPS) is 15.4. The summed E-state index contributed by atoms with van der Waals surface area (Å²) >= 11 is 0. The number of rotatable bonds is 4. The second kappa shape index (κ2) is 6.52. The molecule has 3 heterocycles. The Morgan fingerprint density at radius 3 is 2.76 bits per heavy atom. The molecule has 1 saturated heterocycles. The van der Waals surface area contributed by atoms with Gasteiger partial charge in [-0.05, 0) is 30.5 Å². The summed E-state index contributed by atoms with van der Waals surface area (Å²) in [6, 6.07) is 9.77. The quantitative estimate of drug-likeness (QED) is 0.763. The van der Waals surface area contributed by atoms with Gasteiger partial charge in [0.1, 0.15) is 5.69 Å². The van der Waals surface area contributed by atoms with Gasteiger partial charge in [0, 0.05) is 30.5 Å². The van der Waals surface area contributed by atoms with Gasteiger partial charge in [-0.15, -0.1) is 0 Å². The predicted molar refractivity (Wildman–Crippen MR) is 91.3 cm³/mol. The Hall–Kier alpha value is -2.93. The smallest absolute Gasteiger partial charge is 0.353 e. The van der Waals surface area contributed by atoms with Crippen LogP contribution in [-0.4, -0.2) is 44.3 Å². The summed E-state index contributed by atoms with van der Waals surface area (Å²) in [6.07, 6.45) is 5.88. The first-order valence-electron chi connectivity index (χ1n) is 8.22. The number of aromatic amines is 1. The molecule has 0 atom stereocenters. The fourth-order valence-corrected chi connectivity index (χ4v) is 3.07. The van der Waals surface area contributed by atoms with Gasteiger partial charge in [-0.3, -0.25) is 9.78 Å². The van der Waals surface area contributed by atoms with Crippen LogP contribution in [0.2, 0.25) is 0 Å². The van der Waals surface area contributed by atoms with Gasteiger partial charge in [-0.1, -0.05) is 18.2 Å². The van der Waals surface area contributed by atoms with Gasteiger partial charge < -0.3 is 9.84 Å². The van der Waals surface area contributed by atoms with Crippen molar-refractivity contribution in [2.24, 2.45) is 0 Å². The molecule has 1 fully saturated rings. The lowest BCUT2D eigenvalue weighted by Crippen LogP contribution is -2.19. The van der Waals surface area contributed by atoms with Gasteiger partial charge in [0.05, 0.1) is 17.9 Å². The Balaban J connectivity index is 1.60. The van der Waals surface area contributed by atoms with Crippen molar-refractivity contribution in [1.29, 1.82) is 0 Å². The number of nitrogens with zero attached hydrogens (tertiary/aromatic N) is 3. The van der Waals surface area contributed by atoms with Gasteiger partial charge in [0.15, 0.2) is 0 Å². The number of aromatic nitrogens is 4. The number of ether oxygens (including phenoxy) is 1. The number of hydrogen-bond acceptors (Lipinski definition) is 4. The molecule has 3 aromatic rings. The van der Waals surface area contributed by atoms with E-state index in [2.05, 4.69) is 21.5 Å². The number of carboxylic acid groups (broad SMARTS) is 1. The summed E-state index contributed by atoms with van der Waals surface area (Å²) in [5.74, 6) is -1.02. The molecule has 0 radical (unpaired) electrons. The molecule has 25 heavy (non-hydrogen) atoms. The van der Waals surface area contributed by atoms with E-state index >= 15 is 0 Å². The van der Waals surface area contributed by atoms with Crippen molar-refractivity contribution < 1.29 is 14.6 Å². The number of carbonyl (C=O) groups is 1. The van der Waals surface area contributed by atoms with Crippen LogP contribution in [0.3, 0.4) is 0 Å². The van der Waals surface area contributed by atoms with E-state index in [4.69, 9.17) is 9.84 Å². The van der Waals surface area contributed by atoms with Crippen molar-refractivity contribution in [3.05, 3.63) is 48.4 Å². The topological polar surface area (TPSA) is 93.0 Å². The highest BCUT2D eigenvalue weighted by atomic mass is 16.5. The molecule has 1 aliphatic heterocycles. The minimum absolute atomic E-state index is 0.0766. The van der Waals surface area contributed by atoms with Crippen LogP contribution in [0.5, 0.6) is 0 Å². The van der Waals surface area contributed by atoms with Gasteiger partial charge in [0.2, 0.25) is 0 Å². The number of carboxylic acids is 1. The minimum Gasteiger partial charge on any atom is -0.477 e. The second-order valence-corrected chi connectivity index (χ2v) is 6.11. The summed E-state index contributed by atoms with van der Waals surface area (Å²) in [4.78, 5) is 11.0. The van der Waals surface area contributed by atoms with Crippen molar-refractivity contribution in [2.75, 3.05) is 13.2 Å². The molecule has 0 aliphatic carbocycles. The average Bonchev–Trinajstić information content (AvgIpc) is 3.33. The Kier molecular flexibility index (Phi) is 4.07. The SMILES string of the molecule is O=C(O)c1cc(-c2cccc(-c3cnn(C4CCOCC4)c3)c2)n[nH]1. The molecule has 1 aromatic carbocycles. The number of H-pyrrole nitrogens is 1. The van der Waals surface area contributed by atoms with E-state index in [1.54, 1.807) is 0 Å². The third-order valence-electron chi connectivity index (χ3n) is 4.47. The van der Waals surface area contributed by atoms with Gasteiger partial charge in [-0.25, -0.2) is 4.79 Å². The summed E-state index contributed by atoms with van der Waals surface area (Å²) in [5, 5.41) is 20.1. The molecular weight excluding hydrogens is 320 g/mol. The molecule has 0 bridgehead atoms. The van der Waals surface area contributed by atoms with Crippen LogP contribution in [0.1, 0.15) is 29.4 Å². The zero-order chi connectivity index (χ0) is 17.2. The van der Waals surface area contributed by atoms with Crippen molar-refractivity contribution in [3.63, 3.8) is 0 Å². The Morgan fingerprint density at radius 2 is 2.00 bits per heavy atom. The van der Waals surface area contributed by atoms with Crippen LogP contribution in [0.4, 0.5) is 0 Å². The van der Waals surface area contributed by atoms with E-state index in [-0.39, 0.29) is 5.69 Å². The molecule has 2 aromatic heterocycles. The third kappa shape index (κ3) is 3.18. The Morgan fingerprint density at radius 1 is 1.20 bits per heavy atom. The fourth-order valence-electron chi connectivity index (χ4n) is 3.07. The molecule has 4 rings (SSSR count). The van der Waals surface area contributed by atoms with Crippen molar-refractivity contribution >= 4 is 5.97 Å². The molecular formula is C18H18N4O3. The number of benzene rings is 1. The number of hydrogen-bond donors (Lipinski definition) is 2. The van der Waals surface area contributed by atoms with E-state index in [0.29, 0.717) is 11.7 Å². The van der Waals surface area contributed by atoms with Crippen LogP contribution in [0, 0.1) is 0 Å². The van der Waals surface area contributed by atoms with Crippen LogP contribution in [0.15, 0.2) is 42.7 Å². The molecule has 7 heteroatoms. The van der Waals surface area contributed by atoms with Crippen LogP contribution >= 0.6 is 0 Å². The minimum atomic E-state index is -1.02. The Labute approximate surface area is 144 Å². The zero-order valence-corrected chi connectivity index (χ0v) is 13.6. The first-order chi connectivity index (χ1) is 12.2. The highest BCUT2D eigenvalue weighted by molar-refractivity contribution is 5.87. The van der Waals surface area contributed by atoms with Crippen molar-refractivity contribution in [2.45, 2.75) is 18.9 Å². The highest BCUT2D eigenvalue weighted by Crippen LogP contribution is 2.27. The molecule has 0 spiro atoms. The molecule has 0 unspecified atom stereocenters. The zero-order valence-electron chi connectivity index (χ0n) is 13.6. The monoisotopic (exact) mass is 338 g/mol. The highest BCUT2D eigenvalue weighted by Gasteiger charge is 2.17. The van der Waals surface area contributed by atoms with Gasteiger partial charge >= 0.3 is 5.97 Å². The van der Waals surface area contributed by atoms with Crippen LogP contribution in [0.25, 0.3) is 22.4 Å². The third-order valence-corrected chi connectivity index (χ3v) is 4.47. The molecule has 7 nitrogen and oxygen atoms in total. The molecule has 0 amide bonds. The summed E-state index contributed by atoms with van der Waals surface area (Å²) in [5.41, 5.74) is 3.60. The standard InChI is InChI=1S/C18H18N4O3/c23-18(24)17-9-16(20-21-17)13-3-1-2-12(8-13)14-10-19-22(11-14)15-4-6-25-7-5-15/h1-3,8-11,15H,4-7H2,(H,20,21)(H,23,24). The van der Waals surface area contributed by atoms with Gasteiger partial charge in [0.25, 0.3) is 0 Å². The lowest BCUT2D eigenvalue weighted by molar-refractivity contribution is 0.0662. The van der Waals surface area contributed by atoms with Crippen molar-refractivity contribution in [1.82, 2.24) is 20.0 Å². The number of nitrogens with one attached hydrogen (secondary N) is 1. The van der Waals surface area contributed by atoms with E-state index < -0.39 is 5.97 Å². The maximum Gasteiger partial charge on any atom is 0.353 e. The largest absolute Gasteiger partial charge is 0.477 e. The lowest BCUT2D eigenvalue weighted by atomic mass is 10.0. The van der Waals surface area contributed by atoms with E-state index in [1.165, 1.54) is 6.07 Å². The maximum atomic E-state index is 11.0. The predicted octanol–water partition coefficient (Wildman–Crippen LogP) is 2.99. The van der Waals surface area contributed by atoms with Crippen LogP contribution in [-0.2, 0) is 4.74 Å². The van der Waals surface area contributed by atoms with Crippen LogP contribution < -0.4 is 0 Å². The Bertz CT molecular complexity index is 893. The van der Waals surface area contributed by atoms with E-state index in [0.717, 1.165) is 42.7 Å². The molecule has 128 valence electrons. The first-order valence-corrected chi connectivity index (χ1v) is 8.22. The average molecular weight is 338 g/mol. The van der Waals surface area contributed by atoms with E-state index in [9.17, 15) is 4.79 Å². The lowest BCUT2D eigenvalue weighted by Gasteiger charge is -2.22. The van der Waals surface area contributed by atoms with Crippen molar-refractivity contribution in [3.8, 4) is 22.4 Å². The summed E-state index contributed by atoms with van der Waals surface area (Å²) in [6.45, 7) is 1.56. The fraction of sp³-hybridized carbons (Fsp3) is 0.278. The summed E-state index contributed by atoms with van der Waals surface area (Å²) in [7, 11) is 0. The van der Waals surface area contributed by atoms with Gasteiger partial charge in [-0.2, -0.15) is 10.2 Å². The molecule has 2 N–H and O–H groups in total. The maximum absolute atomic E-state index is 11.0. The van der Waals surface area contributed by atoms with E-state index in [1.807, 2.05) is 35.1 Å². The second-order valence-electron chi connectivity index (χ2n) is 6.11. The first kappa shape index (κ1) is 15.6. The molecule has 1 aliphatic rings.